The fourth-order valence-electron chi connectivity index (χ4n) is 0.943. The number of allylic oxidation sites excluding steroid dienone is 2. The van der Waals surface area contributed by atoms with Crippen molar-refractivity contribution in [2.24, 2.45) is 0 Å². The third-order valence-corrected chi connectivity index (χ3v) is 1.51. The molecule has 1 unspecified atom stereocenters. The normalized spacial score (nSPS) is 21.3. The Labute approximate surface area is 55.7 Å². The van der Waals surface area contributed by atoms with Crippen LogP contribution in [0.15, 0.2) is 23.8 Å². The standard InChI is InChI=1S/C8H12O/c1-7(9)8-5-3-2-4-6-8/h3,5-7,9H,2,4H2,1H3. The van der Waals surface area contributed by atoms with E-state index in [4.69, 9.17) is 5.11 Å². The number of hydrogen-bond donors (Lipinski definition) is 1. The van der Waals surface area contributed by atoms with Gasteiger partial charge in [0.2, 0.25) is 0 Å². The summed E-state index contributed by atoms with van der Waals surface area (Å²) in [5.74, 6) is 0. The van der Waals surface area contributed by atoms with Crippen molar-refractivity contribution in [1.82, 2.24) is 0 Å². The Balaban J connectivity index is 2.58. The van der Waals surface area contributed by atoms with E-state index in [2.05, 4.69) is 12.2 Å². The molecule has 1 atom stereocenters. The lowest BCUT2D eigenvalue weighted by atomic mass is 10.0. The molecule has 0 aliphatic heterocycles. The maximum Gasteiger partial charge on any atom is 0.0758 e. The molecule has 0 bridgehead atoms. The van der Waals surface area contributed by atoms with Crippen LogP contribution in [0.4, 0.5) is 0 Å². The van der Waals surface area contributed by atoms with Gasteiger partial charge in [0.25, 0.3) is 0 Å². The summed E-state index contributed by atoms with van der Waals surface area (Å²) in [6.45, 7) is 1.79. The third kappa shape index (κ3) is 1.68. The number of rotatable bonds is 1. The summed E-state index contributed by atoms with van der Waals surface area (Å²) in [7, 11) is 0. The quantitative estimate of drug-likeness (QED) is 0.563. The van der Waals surface area contributed by atoms with Crippen molar-refractivity contribution in [3.8, 4) is 0 Å². The molecule has 50 valence electrons. The first-order chi connectivity index (χ1) is 4.30. The molecule has 0 fully saturated rings. The Bertz CT molecular complexity index is 143. The summed E-state index contributed by atoms with van der Waals surface area (Å²) in [6, 6.07) is 0. The molecule has 1 N–H and O–H groups in total. The first-order valence-corrected chi connectivity index (χ1v) is 3.35. The van der Waals surface area contributed by atoms with E-state index in [-0.39, 0.29) is 6.10 Å². The maximum atomic E-state index is 9.06. The van der Waals surface area contributed by atoms with Crippen LogP contribution >= 0.6 is 0 Å². The van der Waals surface area contributed by atoms with Gasteiger partial charge in [-0.1, -0.05) is 18.2 Å². The molecule has 0 amide bonds. The average molecular weight is 124 g/mol. The molecule has 1 nitrogen and oxygen atoms in total. The molecule has 0 saturated heterocycles. The lowest BCUT2D eigenvalue weighted by Gasteiger charge is -2.08. The maximum absolute atomic E-state index is 9.06. The van der Waals surface area contributed by atoms with Crippen molar-refractivity contribution in [1.29, 1.82) is 0 Å². The minimum absolute atomic E-state index is 0.290. The molecule has 1 rings (SSSR count). The largest absolute Gasteiger partial charge is 0.389 e. The molecule has 1 aliphatic rings. The van der Waals surface area contributed by atoms with Crippen LogP contribution in [0.5, 0.6) is 0 Å². The lowest BCUT2D eigenvalue weighted by Crippen LogP contribution is -2.03. The van der Waals surface area contributed by atoms with E-state index < -0.39 is 0 Å². The van der Waals surface area contributed by atoms with Crippen molar-refractivity contribution in [2.75, 3.05) is 0 Å². The van der Waals surface area contributed by atoms with Gasteiger partial charge < -0.3 is 5.11 Å². The van der Waals surface area contributed by atoms with Gasteiger partial charge in [-0.15, -0.1) is 0 Å². The fraction of sp³-hybridized carbons (Fsp3) is 0.500. The molecule has 0 aromatic carbocycles. The summed E-state index contributed by atoms with van der Waals surface area (Å²) >= 11 is 0. The Morgan fingerprint density at radius 3 is 2.67 bits per heavy atom. The molecule has 9 heavy (non-hydrogen) atoms. The lowest BCUT2D eigenvalue weighted by molar-refractivity contribution is 0.234. The summed E-state index contributed by atoms with van der Waals surface area (Å²) in [5.41, 5.74) is 1.06. The van der Waals surface area contributed by atoms with Gasteiger partial charge in [0.15, 0.2) is 0 Å². The Kier molecular flexibility index (Phi) is 2.06. The fourth-order valence-corrected chi connectivity index (χ4v) is 0.943. The minimum Gasteiger partial charge on any atom is -0.389 e. The van der Waals surface area contributed by atoms with E-state index in [9.17, 15) is 0 Å². The first kappa shape index (κ1) is 6.56. The topological polar surface area (TPSA) is 20.2 Å². The highest BCUT2D eigenvalue weighted by Gasteiger charge is 2.01. The van der Waals surface area contributed by atoms with Crippen LogP contribution in [0.3, 0.4) is 0 Å². The molecule has 0 radical (unpaired) electrons. The van der Waals surface area contributed by atoms with Gasteiger partial charge in [-0.2, -0.15) is 0 Å². The van der Waals surface area contributed by atoms with Gasteiger partial charge in [-0.3, -0.25) is 0 Å². The monoisotopic (exact) mass is 124 g/mol. The molecule has 0 aromatic rings. The summed E-state index contributed by atoms with van der Waals surface area (Å²) in [4.78, 5) is 0. The highest BCUT2D eigenvalue weighted by molar-refractivity contribution is 5.24. The minimum atomic E-state index is -0.290. The highest BCUT2D eigenvalue weighted by atomic mass is 16.3. The van der Waals surface area contributed by atoms with Crippen LogP contribution in [0, 0.1) is 0 Å². The molecule has 0 aromatic heterocycles. The van der Waals surface area contributed by atoms with Crippen LogP contribution in [-0.4, -0.2) is 11.2 Å². The summed E-state index contributed by atoms with van der Waals surface area (Å²) in [5, 5.41) is 9.06. The van der Waals surface area contributed by atoms with E-state index in [1.54, 1.807) is 6.92 Å². The Morgan fingerprint density at radius 1 is 1.56 bits per heavy atom. The molecule has 0 heterocycles. The molecular formula is C8H12O. The van der Waals surface area contributed by atoms with Gasteiger partial charge in [0.05, 0.1) is 6.10 Å². The van der Waals surface area contributed by atoms with Gasteiger partial charge in [-0.25, -0.2) is 0 Å². The predicted molar refractivity (Wildman–Crippen MR) is 38.1 cm³/mol. The third-order valence-electron chi connectivity index (χ3n) is 1.51. The van der Waals surface area contributed by atoms with E-state index in [1.807, 2.05) is 6.08 Å². The summed E-state index contributed by atoms with van der Waals surface area (Å²) < 4.78 is 0. The van der Waals surface area contributed by atoms with E-state index in [0.717, 1.165) is 18.4 Å². The van der Waals surface area contributed by atoms with Crippen LogP contribution in [0.1, 0.15) is 19.8 Å². The summed E-state index contributed by atoms with van der Waals surface area (Å²) in [6.07, 6.45) is 8.09. The van der Waals surface area contributed by atoms with Crippen LogP contribution in [0.2, 0.25) is 0 Å². The van der Waals surface area contributed by atoms with Gasteiger partial charge in [0.1, 0.15) is 0 Å². The van der Waals surface area contributed by atoms with Gasteiger partial charge >= 0.3 is 0 Å². The Hall–Kier alpha value is -0.560. The van der Waals surface area contributed by atoms with Crippen molar-refractivity contribution < 1.29 is 5.11 Å². The zero-order valence-electron chi connectivity index (χ0n) is 5.67. The molecule has 1 aliphatic carbocycles. The van der Waals surface area contributed by atoms with E-state index in [0.29, 0.717) is 0 Å². The van der Waals surface area contributed by atoms with Gasteiger partial charge in [0, 0.05) is 0 Å². The van der Waals surface area contributed by atoms with Crippen molar-refractivity contribution in [2.45, 2.75) is 25.9 Å². The predicted octanol–water partition coefficient (Wildman–Crippen LogP) is 1.64. The smallest absolute Gasteiger partial charge is 0.0758 e. The van der Waals surface area contributed by atoms with Crippen LogP contribution < -0.4 is 0 Å². The molecular weight excluding hydrogens is 112 g/mol. The second-order valence-corrected chi connectivity index (χ2v) is 2.36. The molecule has 1 heteroatoms. The van der Waals surface area contributed by atoms with Crippen molar-refractivity contribution >= 4 is 0 Å². The highest BCUT2D eigenvalue weighted by Crippen LogP contribution is 2.12. The number of aliphatic hydroxyl groups excluding tert-OH is 1. The van der Waals surface area contributed by atoms with Crippen LogP contribution in [0.25, 0.3) is 0 Å². The van der Waals surface area contributed by atoms with Crippen molar-refractivity contribution in [3.63, 3.8) is 0 Å². The zero-order valence-corrected chi connectivity index (χ0v) is 5.67. The Morgan fingerprint density at radius 2 is 2.33 bits per heavy atom. The number of hydrogen-bond acceptors (Lipinski definition) is 1. The van der Waals surface area contributed by atoms with Crippen LogP contribution in [-0.2, 0) is 0 Å². The molecule has 0 spiro atoms. The van der Waals surface area contributed by atoms with Crippen molar-refractivity contribution in [3.05, 3.63) is 23.8 Å². The zero-order chi connectivity index (χ0) is 6.69. The van der Waals surface area contributed by atoms with E-state index in [1.165, 1.54) is 0 Å². The first-order valence-electron chi connectivity index (χ1n) is 3.35. The second-order valence-electron chi connectivity index (χ2n) is 2.36. The van der Waals surface area contributed by atoms with Gasteiger partial charge in [-0.05, 0) is 25.3 Å². The second kappa shape index (κ2) is 2.83. The molecule has 0 saturated carbocycles. The average Bonchev–Trinajstić information content (AvgIpc) is 1.90. The van der Waals surface area contributed by atoms with E-state index >= 15 is 0 Å². The SMILES string of the molecule is CC(O)C1=CCCC=C1. The number of aliphatic hydroxyl groups is 1.